The topological polar surface area (TPSA) is 91.8 Å². The molecule has 1 aromatic carbocycles. The summed E-state index contributed by atoms with van der Waals surface area (Å²) in [4.78, 5) is 24.3. The lowest BCUT2D eigenvalue weighted by Crippen LogP contribution is -2.30. The molecule has 1 atom stereocenters. The average molecular weight is 329 g/mol. The number of likely N-dealkylation sites (tertiary alicyclic amines) is 1. The van der Waals surface area contributed by atoms with E-state index in [0.717, 1.165) is 18.2 Å². The Bertz CT molecular complexity index is 716. The fourth-order valence-electron chi connectivity index (χ4n) is 2.35. The van der Waals surface area contributed by atoms with Gasteiger partial charge in [-0.25, -0.2) is 12.8 Å². The molecule has 1 heterocycles. The maximum Gasteiger partial charge on any atom is 0.308 e. The first-order chi connectivity index (χ1) is 10.3. The molecule has 0 radical (unpaired) electrons. The highest BCUT2D eigenvalue weighted by Crippen LogP contribution is 2.22. The first kappa shape index (κ1) is 16.4. The van der Waals surface area contributed by atoms with Gasteiger partial charge < -0.3 is 10.0 Å². The second-order valence-corrected chi connectivity index (χ2v) is 7.40. The molecule has 1 aliphatic heterocycles. The molecule has 0 aromatic heterocycles. The summed E-state index contributed by atoms with van der Waals surface area (Å²) in [5.41, 5.74) is -0.347. The van der Waals surface area contributed by atoms with E-state index in [9.17, 15) is 22.4 Å². The molecule has 1 amide bonds. The van der Waals surface area contributed by atoms with Gasteiger partial charge in [0.05, 0.1) is 22.1 Å². The molecule has 1 aliphatic rings. The number of hydrogen-bond acceptors (Lipinski definition) is 4. The van der Waals surface area contributed by atoms with Crippen LogP contribution in [0.4, 0.5) is 4.39 Å². The smallest absolute Gasteiger partial charge is 0.308 e. The third-order valence-electron chi connectivity index (χ3n) is 3.73. The number of carbonyl (C=O) groups is 2. The maximum atomic E-state index is 13.9. The zero-order chi connectivity index (χ0) is 16.5. The third kappa shape index (κ3) is 3.11. The minimum atomic E-state index is -3.55. The Morgan fingerprint density at radius 3 is 2.64 bits per heavy atom. The molecule has 0 unspecified atom stereocenters. The number of carbonyl (C=O) groups excluding carboxylic acids is 1. The standard InChI is InChI=1S/C14H16FNO5S/c1-2-22(20,21)10-3-4-12(15)11(7-10)13(17)16-6-5-9(8-16)14(18)19/h3-4,7,9H,2,5-6,8H2,1H3,(H,18,19)/t9-/m0/s1. The van der Waals surface area contributed by atoms with E-state index in [2.05, 4.69) is 0 Å². The van der Waals surface area contributed by atoms with Crippen molar-refractivity contribution in [2.24, 2.45) is 5.92 Å². The predicted octanol–water partition coefficient (Wildman–Crippen LogP) is 1.17. The lowest BCUT2D eigenvalue weighted by molar-refractivity contribution is -0.141. The number of sulfone groups is 1. The fourth-order valence-corrected chi connectivity index (χ4v) is 3.25. The van der Waals surface area contributed by atoms with E-state index in [-0.39, 0.29) is 29.3 Å². The number of carboxylic acids is 1. The maximum absolute atomic E-state index is 13.9. The van der Waals surface area contributed by atoms with Crippen molar-refractivity contribution in [3.8, 4) is 0 Å². The Kier molecular flexibility index (Phi) is 4.50. The first-order valence-corrected chi connectivity index (χ1v) is 8.46. The van der Waals surface area contributed by atoms with Gasteiger partial charge in [0.25, 0.3) is 5.91 Å². The van der Waals surface area contributed by atoms with Gasteiger partial charge in [0.2, 0.25) is 0 Å². The lowest BCUT2D eigenvalue weighted by Gasteiger charge is -2.16. The number of carboxylic acid groups (broad SMARTS) is 1. The van der Waals surface area contributed by atoms with Gasteiger partial charge >= 0.3 is 5.97 Å². The van der Waals surface area contributed by atoms with Crippen molar-refractivity contribution in [2.75, 3.05) is 18.8 Å². The minimum absolute atomic E-state index is 0.00162. The van der Waals surface area contributed by atoms with E-state index in [1.807, 2.05) is 0 Å². The highest BCUT2D eigenvalue weighted by Gasteiger charge is 2.32. The van der Waals surface area contributed by atoms with Crippen LogP contribution in [0.15, 0.2) is 23.1 Å². The monoisotopic (exact) mass is 329 g/mol. The molecule has 1 N–H and O–H groups in total. The zero-order valence-corrected chi connectivity index (χ0v) is 12.8. The van der Waals surface area contributed by atoms with Crippen LogP contribution in [0.1, 0.15) is 23.7 Å². The molecule has 1 fully saturated rings. The van der Waals surface area contributed by atoms with Gasteiger partial charge in [-0.3, -0.25) is 9.59 Å². The molecule has 2 rings (SSSR count). The molecule has 0 bridgehead atoms. The van der Waals surface area contributed by atoms with Crippen LogP contribution in [0.25, 0.3) is 0 Å². The number of rotatable bonds is 4. The minimum Gasteiger partial charge on any atom is -0.481 e. The van der Waals surface area contributed by atoms with Gasteiger partial charge in [0, 0.05) is 13.1 Å². The van der Waals surface area contributed by atoms with Gasteiger partial charge in [0.15, 0.2) is 9.84 Å². The van der Waals surface area contributed by atoms with Crippen molar-refractivity contribution in [3.05, 3.63) is 29.6 Å². The van der Waals surface area contributed by atoms with Crippen LogP contribution in [0.3, 0.4) is 0 Å². The molecule has 1 aromatic rings. The molecular weight excluding hydrogens is 313 g/mol. The van der Waals surface area contributed by atoms with Crippen molar-refractivity contribution in [1.82, 2.24) is 4.90 Å². The van der Waals surface area contributed by atoms with Gasteiger partial charge in [-0.05, 0) is 24.6 Å². The van der Waals surface area contributed by atoms with Crippen LogP contribution in [-0.4, -0.2) is 49.1 Å². The SMILES string of the molecule is CCS(=O)(=O)c1ccc(F)c(C(=O)N2CC[C@H](C(=O)O)C2)c1. The second-order valence-electron chi connectivity index (χ2n) is 5.12. The number of aliphatic carboxylic acids is 1. The third-order valence-corrected chi connectivity index (χ3v) is 5.46. The Morgan fingerprint density at radius 1 is 1.41 bits per heavy atom. The number of halogens is 1. The summed E-state index contributed by atoms with van der Waals surface area (Å²) in [6.45, 7) is 1.66. The van der Waals surface area contributed by atoms with Gasteiger partial charge in [-0.1, -0.05) is 6.92 Å². The van der Waals surface area contributed by atoms with E-state index < -0.39 is 33.4 Å². The number of amides is 1. The summed E-state index contributed by atoms with van der Waals surface area (Å²) < 4.78 is 37.5. The molecule has 8 heteroatoms. The van der Waals surface area contributed by atoms with Crippen LogP contribution >= 0.6 is 0 Å². The Morgan fingerprint density at radius 2 is 2.09 bits per heavy atom. The molecule has 0 saturated carbocycles. The summed E-state index contributed by atoms with van der Waals surface area (Å²) in [7, 11) is -3.55. The molecule has 0 aliphatic carbocycles. The first-order valence-electron chi connectivity index (χ1n) is 6.80. The molecule has 22 heavy (non-hydrogen) atoms. The average Bonchev–Trinajstić information content (AvgIpc) is 2.97. The number of benzene rings is 1. The molecule has 0 spiro atoms. The summed E-state index contributed by atoms with van der Waals surface area (Å²) in [6.07, 6.45) is 0.301. The summed E-state index contributed by atoms with van der Waals surface area (Å²) >= 11 is 0. The van der Waals surface area contributed by atoms with Crippen molar-refractivity contribution >= 4 is 21.7 Å². The van der Waals surface area contributed by atoms with Crippen LogP contribution < -0.4 is 0 Å². The molecular formula is C14H16FNO5S. The Balaban J connectivity index is 2.31. The largest absolute Gasteiger partial charge is 0.481 e. The second kappa shape index (κ2) is 6.04. The normalized spacial score (nSPS) is 18.5. The van der Waals surface area contributed by atoms with Gasteiger partial charge in [-0.2, -0.15) is 0 Å². The number of hydrogen-bond donors (Lipinski definition) is 1. The highest BCUT2D eigenvalue weighted by molar-refractivity contribution is 7.91. The highest BCUT2D eigenvalue weighted by atomic mass is 32.2. The van der Waals surface area contributed by atoms with E-state index in [1.165, 1.54) is 11.8 Å². The van der Waals surface area contributed by atoms with E-state index in [1.54, 1.807) is 0 Å². The van der Waals surface area contributed by atoms with E-state index >= 15 is 0 Å². The van der Waals surface area contributed by atoms with E-state index in [0.29, 0.717) is 6.42 Å². The number of nitrogens with zero attached hydrogens (tertiary/aromatic N) is 1. The predicted molar refractivity (Wildman–Crippen MR) is 75.8 cm³/mol. The van der Waals surface area contributed by atoms with E-state index in [4.69, 9.17) is 5.11 Å². The van der Waals surface area contributed by atoms with Gasteiger partial charge in [-0.15, -0.1) is 0 Å². The summed E-state index contributed by atoms with van der Waals surface area (Å²) in [5.74, 6) is -3.34. The van der Waals surface area contributed by atoms with Crippen LogP contribution in [0.2, 0.25) is 0 Å². The lowest BCUT2D eigenvalue weighted by atomic mass is 10.1. The van der Waals surface area contributed by atoms with Crippen molar-refractivity contribution < 1.29 is 27.5 Å². The van der Waals surface area contributed by atoms with Crippen molar-refractivity contribution in [1.29, 1.82) is 0 Å². The van der Waals surface area contributed by atoms with Crippen LogP contribution in [0.5, 0.6) is 0 Å². The Labute approximate surface area is 127 Å². The fraction of sp³-hybridized carbons (Fsp3) is 0.429. The van der Waals surface area contributed by atoms with Crippen LogP contribution in [0, 0.1) is 11.7 Å². The molecule has 1 saturated heterocycles. The quantitative estimate of drug-likeness (QED) is 0.837. The van der Waals surface area contributed by atoms with Crippen LogP contribution in [-0.2, 0) is 14.6 Å². The van der Waals surface area contributed by atoms with Crippen molar-refractivity contribution in [2.45, 2.75) is 18.2 Å². The van der Waals surface area contributed by atoms with Gasteiger partial charge in [0.1, 0.15) is 5.82 Å². The Hall–Kier alpha value is -1.96. The molecule has 6 nitrogen and oxygen atoms in total. The molecule has 120 valence electrons. The summed E-state index contributed by atoms with van der Waals surface area (Å²) in [5, 5.41) is 8.93. The summed E-state index contributed by atoms with van der Waals surface area (Å²) in [6, 6.07) is 3.08. The zero-order valence-electron chi connectivity index (χ0n) is 12.0. The van der Waals surface area contributed by atoms with Crippen molar-refractivity contribution in [3.63, 3.8) is 0 Å².